The molecule has 16 rings (SSSR count). The molecular formula is C78H56N2O2. The van der Waals surface area contributed by atoms with Crippen LogP contribution in [0.25, 0.3) is 99.5 Å². The average Bonchev–Trinajstić information content (AvgIpc) is 4.41. The fourth-order valence-corrected chi connectivity index (χ4v) is 13.7. The number of furan rings is 2. The molecule has 2 heterocycles. The zero-order valence-corrected chi connectivity index (χ0v) is 46.1. The summed E-state index contributed by atoms with van der Waals surface area (Å²) in [6.07, 6.45) is 0. The van der Waals surface area contributed by atoms with Crippen molar-refractivity contribution in [2.75, 3.05) is 9.80 Å². The van der Waals surface area contributed by atoms with Gasteiger partial charge in [0.2, 0.25) is 0 Å². The lowest BCUT2D eigenvalue weighted by Crippen LogP contribution is -2.16. The summed E-state index contributed by atoms with van der Waals surface area (Å²) in [6, 6.07) is 97.2. The number of nitrogens with zero attached hydrogens (tertiary/aromatic N) is 2. The first-order valence-electron chi connectivity index (χ1n) is 28.5. The van der Waals surface area contributed by atoms with Crippen molar-refractivity contribution in [2.45, 2.75) is 38.5 Å². The third-order valence-electron chi connectivity index (χ3n) is 17.9. The summed E-state index contributed by atoms with van der Waals surface area (Å²) in [5.41, 5.74) is 27.1. The van der Waals surface area contributed by atoms with Crippen LogP contribution in [0.5, 0.6) is 0 Å². The van der Waals surface area contributed by atoms with Crippen LogP contribution in [-0.4, -0.2) is 0 Å². The normalized spacial score (nSPS) is 13.6. The smallest absolute Gasteiger partial charge is 0.143 e. The van der Waals surface area contributed by atoms with Gasteiger partial charge in [0, 0.05) is 77.6 Å². The van der Waals surface area contributed by atoms with Gasteiger partial charge in [0.25, 0.3) is 0 Å². The van der Waals surface area contributed by atoms with Crippen molar-refractivity contribution in [3.8, 4) is 55.6 Å². The lowest BCUT2D eigenvalue weighted by atomic mass is 9.81. The Kier molecular flexibility index (Phi) is 10.6. The van der Waals surface area contributed by atoms with Crippen molar-refractivity contribution in [2.24, 2.45) is 0 Å². The zero-order valence-electron chi connectivity index (χ0n) is 46.1. The molecule has 0 saturated carbocycles. The molecule has 4 nitrogen and oxygen atoms in total. The molecule has 0 atom stereocenters. The van der Waals surface area contributed by atoms with Gasteiger partial charge < -0.3 is 18.6 Å². The van der Waals surface area contributed by atoms with Crippen LogP contribution in [0, 0.1) is 0 Å². The van der Waals surface area contributed by atoms with E-state index in [-0.39, 0.29) is 10.8 Å². The molecule has 0 fully saturated rings. The summed E-state index contributed by atoms with van der Waals surface area (Å²) in [5, 5.41) is 4.58. The number of benzene rings is 12. The molecule has 2 aliphatic carbocycles. The van der Waals surface area contributed by atoms with Crippen molar-refractivity contribution in [3.63, 3.8) is 0 Å². The van der Waals surface area contributed by atoms with Gasteiger partial charge in [-0.25, -0.2) is 0 Å². The van der Waals surface area contributed by atoms with E-state index in [4.69, 9.17) is 8.83 Å². The van der Waals surface area contributed by atoms with E-state index in [1.807, 2.05) is 12.1 Å². The van der Waals surface area contributed by atoms with Gasteiger partial charge in [-0.2, -0.15) is 0 Å². The van der Waals surface area contributed by atoms with Crippen LogP contribution in [0.2, 0.25) is 0 Å². The lowest BCUT2D eigenvalue weighted by molar-refractivity contribution is 0.660. The van der Waals surface area contributed by atoms with Gasteiger partial charge >= 0.3 is 0 Å². The minimum Gasteiger partial charge on any atom is -0.455 e. The number of para-hydroxylation sites is 6. The van der Waals surface area contributed by atoms with Gasteiger partial charge in [0.05, 0.1) is 0 Å². The van der Waals surface area contributed by atoms with Gasteiger partial charge in [-0.1, -0.05) is 198 Å². The van der Waals surface area contributed by atoms with Crippen molar-refractivity contribution in [1.82, 2.24) is 0 Å². The molecule has 0 amide bonds. The van der Waals surface area contributed by atoms with Gasteiger partial charge in [0.1, 0.15) is 22.3 Å². The Balaban J connectivity index is 0.697. The quantitative estimate of drug-likeness (QED) is 0.144. The zero-order chi connectivity index (χ0) is 54.8. The first-order valence-corrected chi connectivity index (χ1v) is 28.5. The summed E-state index contributed by atoms with van der Waals surface area (Å²) in [4.78, 5) is 4.77. The Morgan fingerprint density at radius 2 is 0.561 bits per heavy atom. The Morgan fingerprint density at radius 3 is 0.976 bits per heavy atom. The first-order chi connectivity index (χ1) is 40.2. The SMILES string of the molecule is CC1(C)c2cc(-c3cccc4c3oc3ccccc34)ccc2-c2ccc(N(c3ccccc3)c3ccc(-c4ccc(N(c5ccccc5)c5ccc6c(c5)C(C)(C)c5cc(-c7cccc8c7oc7ccccc78)ccc5-6)cc4)cc3)cc21. The fraction of sp³-hybridized carbons (Fsp3) is 0.0769. The van der Waals surface area contributed by atoms with E-state index in [9.17, 15) is 0 Å². The van der Waals surface area contributed by atoms with Crippen LogP contribution in [0.15, 0.2) is 276 Å². The number of hydrogen-bond donors (Lipinski definition) is 0. The molecular weight excluding hydrogens is 997 g/mol. The van der Waals surface area contributed by atoms with E-state index in [0.717, 1.165) is 100 Å². The largest absolute Gasteiger partial charge is 0.455 e. The number of rotatable bonds is 9. The molecule has 4 heteroatoms. The molecule has 390 valence electrons. The Bertz CT molecular complexity index is 4540. The molecule has 2 aliphatic rings. The highest BCUT2D eigenvalue weighted by Gasteiger charge is 2.38. The lowest BCUT2D eigenvalue weighted by Gasteiger charge is -2.28. The number of anilines is 6. The van der Waals surface area contributed by atoms with Crippen LogP contribution in [0.1, 0.15) is 49.9 Å². The van der Waals surface area contributed by atoms with Crippen LogP contribution in [0.4, 0.5) is 34.1 Å². The van der Waals surface area contributed by atoms with Gasteiger partial charge in [-0.15, -0.1) is 0 Å². The maximum Gasteiger partial charge on any atom is 0.143 e. The van der Waals surface area contributed by atoms with Crippen LogP contribution < -0.4 is 9.80 Å². The molecule has 0 radical (unpaired) electrons. The molecule has 0 saturated heterocycles. The summed E-state index contributed by atoms with van der Waals surface area (Å²) in [6.45, 7) is 9.47. The molecule has 0 aliphatic heterocycles. The highest BCUT2D eigenvalue weighted by Crippen LogP contribution is 2.54. The van der Waals surface area contributed by atoms with Crippen LogP contribution in [0.3, 0.4) is 0 Å². The molecule has 0 N–H and O–H groups in total. The van der Waals surface area contributed by atoms with E-state index in [1.165, 1.54) is 55.6 Å². The minimum atomic E-state index is -0.241. The molecule has 12 aromatic carbocycles. The van der Waals surface area contributed by atoms with Gasteiger partial charge in [0.15, 0.2) is 0 Å². The van der Waals surface area contributed by atoms with E-state index < -0.39 is 0 Å². The topological polar surface area (TPSA) is 32.8 Å². The predicted octanol–water partition coefficient (Wildman–Crippen LogP) is 22.0. The summed E-state index contributed by atoms with van der Waals surface area (Å²) in [5.74, 6) is 0. The first kappa shape index (κ1) is 47.8. The third-order valence-corrected chi connectivity index (χ3v) is 17.9. The average molecular weight is 1050 g/mol. The van der Waals surface area contributed by atoms with Gasteiger partial charge in [-0.3, -0.25) is 0 Å². The van der Waals surface area contributed by atoms with Crippen molar-refractivity contribution >= 4 is 78.0 Å². The van der Waals surface area contributed by atoms with Crippen LogP contribution >= 0.6 is 0 Å². The maximum absolute atomic E-state index is 6.51. The number of hydrogen-bond acceptors (Lipinski definition) is 4. The van der Waals surface area contributed by atoms with E-state index in [2.05, 4.69) is 292 Å². The second kappa shape index (κ2) is 18.2. The second-order valence-electron chi connectivity index (χ2n) is 23.2. The standard InChI is InChI=1S/C78H56N2O2/c1-77(2)69-45-51(59-23-15-25-67-65-21-11-13-27-73(65)81-75(59)67)33-41-61(69)63-43-39-57(47-71(63)77)79(53-17-7-5-8-18-53)55-35-29-49(30-36-55)50-31-37-56(38-32-50)80(54-19-9-6-10-20-54)58-40-44-64-62-42-34-52(46-70(62)78(3,4)72(64)48-58)60-24-16-26-68-66-22-12-14-28-74(66)82-76(60)68/h5-48H,1-4H3. The van der Waals surface area contributed by atoms with E-state index >= 15 is 0 Å². The third kappa shape index (κ3) is 7.38. The number of fused-ring (bicyclic) bond motifs is 12. The van der Waals surface area contributed by atoms with Gasteiger partial charge in [-0.05, 0) is 164 Å². The van der Waals surface area contributed by atoms with E-state index in [1.54, 1.807) is 0 Å². The molecule has 0 unspecified atom stereocenters. The second-order valence-corrected chi connectivity index (χ2v) is 23.2. The monoisotopic (exact) mass is 1050 g/mol. The van der Waals surface area contributed by atoms with Crippen molar-refractivity contribution in [1.29, 1.82) is 0 Å². The van der Waals surface area contributed by atoms with Crippen LogP contribution in [-0.2, 0) is 10.8 Å². The van der Waals surface area contributed by atoms with Crippen molar-refractivity contribution < 1.29 is 8.83 Å². The molecule has 2 aromatic heterocycles. The molecule has 14 aromatic rings. The Labute approximate surface area is 477 Å². The van der Waals surface area contributed by atoms with E-state index in [0.29, 0.717) is 0 Å². The minimum absolute atomic E-state index is 0.241. The maximum atomic E-state index is 6.51. The summed E-state index contributed by atoms with van der Waals surface area (Å²) >= 11 is 0. The Hall–Kier alpha value is -10.2. The molecule has 82 heavy (non-hydrogen) atoms. The highest BCUT2D eigenvalue weighted by atomic mass is 16.3. The van der Waals surface area contributed by atoms with Crippen molar-refractivity contribution in [3.05, 3.63) is 289 Å². The highest BCUT2D eigenvalue weighted by molar-refractivity contribution is 6.11. The summed E-state index contributed by atoms with van der Waals surface area (Å²) < 4.78 is 13.0. The predicted molar refractivity (Wildman–Crippen MR) is 342 cm³/mol. The summed E-state index contributed by atoms with van der Waals surface area (Å²) in [7, 11) is 0. The Morgan fingerprint density at radius 1 is 0.244 bits per heavy atom. The molecule has 0 bridgehead atoms. The fourth-order valence-electron chi connectivity index (χ4n) is 13.7. The molecule has 0 spiro atoms.